The molecule has 2 aromatic rings. The van der Waals surface area contributed by atoms with Gasteiger partial charge in [-0.3, -0.25) is 0 Å². The van der Waals surface area contributed by atoms with E-state index in [0.717, 1.165) is 24.3 Å². The maximum atomic E-state index is 6.32. The van der Waals surface area contributed by atoms with E-state index < -0.39 is 0 Å². The molecule has 0 spiro atoms. The van der Waals surface area contributed by atoms with Crippen molar-refractivity contribution in [3.05, 3.63) is 64.7 Å². The zero-order valence-corrected chi connectivity index (χ0v) is 13.4. The summed E-state index contributed by atoms with van der Waals surface area (Å²) in [4.78, 5) is 0. The topological polar surface area (TPSA) is 21.3 Å². The van der Waals surface area contributed by atoms with Gasteiger partial charge in [-0.05, 0) is 43.1 Å². The molecule has 112 valence electrons. The number of hydrogen-bond acceptors (Lipinski definition) is 2. The SMILES string of the molecule is CCCNC(C)c1ccc(OCc2ccccc2)c(Cl)c1. The largest absolute Gasteiger partial charge is 0.487 e. The molecule has 1 N–H and O–H groups in total. The molecular weight excluding hydrogens is 282 g/mol. The zero-order valence-electron chi connectivity index (χ0n) is 12.6. The third kappa shape index (κ3) is 4.76. The molecule has 0 saturated carbocycles. The monoisotopic (exact) mass is 303 g/mol. The Balaban J connectivity index is 1.99. The Morgan fingerprint density at radius 1 is 1.14 bits per heavy atom. The molecule has 0 saturated heterocycles. The number of halogens is 1. The van der Waals surface area contributed by atoms with E-state index in [1.54, 1.807) is 0 Å². The summed E-state index contributed by atoms with van der Waals surface area (Å²) in [6.07, 6.45) is 1.12. The quantitative estimate of drug-likeness (QED) is 0.779. The van der Waals surface area contributed by atoms with Gasteiger partial charge in [-0.25, -0.2) is 0 Å². The summed E-state index contributed by atoms with van der Waals surface area (Å²) in [6, 6.07) is 16.4. The standard InChI is InChI=1S/C18H22ClNO/c1-3-11-20-14(2)16-9-10-18(17(19)12-16)21-13-15-7-5-4-6-8-15/h4-10,12,14,20H,3,11,13H2,1-2H3. The Kier molecular flexibility index (Phi) is 6.09. The molecule has 2 aromatic carbocycles. The molecular formula is C18H22ClNO. The van der Waals surface area contributed by atoms with Crippen LogP contribution in [0.5, 0.6) is 5.75 Å². The summed E-state index contributed by atoms with van der Waals surface area (Å²) < 4.78 is 5.79. The highest BCUT2D eigenvalue weighted by Crippen LogP contribution is 2.28. The predicted octanol–water partition coefficient (Wildman–Crippen LogP) is 4.98. The van der Waals surface area contributed by atoms with E-state index in [9.17, 15) is 0 Å². The molecule has 0 aromatic heterocycles. The minimum Gasteiger partial charge on any atom is -0.487 e. The average Bonchev–Trinajstić information content (AvgIpc) is 2.52. The van der Waals surface area contributed by atoms with E-state index in [0.29, 0.717) is 17.7 Å². The molecule has 1 atom stereocenters. The number of nitrogens with one attached hydrogen (secondary N) is 1. The third-order valence-corrected chi connectivity index (χ3v) is 3.69. The molecule has 0 bridgehead atoms. The number of benzene rings is 2. The molecule has 2 nitrogen and oxygen atoms in total. The minimum absolute atomic E-state index is 0.297. The van der Waals surface area contributed by atoms with Crippen LogP contribution in [-0.4, -0.2) is 6.54 Å². The van der Waals surface area contributed by atoms with Crippen LogP contribution in [0.3, 0.4) is 0 Å². The summed E-state index contributed by atoms with van der Waals surface area (Å²) in [7, 11) is 0. The highest BCUT2D eigenvalue weighted by Gasteiger charge is 2.08. The third-order valence-electron chi connectivity index (χ3n) is 3.39. The van der Waals surface area contributed by atoms with Crippen LogP contribution in [0.1, 0.15) is 37.4 Å². The molecule has 0 aliphatic carbocycles. The van der Waals surface area contributed by atoms with E-state index in [-0.39, 0.29) is 0 Å². The van der Waals surface area contributed by atoms with Crippen molar-refractivity contribution >= 4 is 11.6 Å². The molecule has 3 heteroatoms. The summed E-state index contributed by atoms with van der Waals surface area (Å²) in [6.45, 7) is 5.84. The van der Waals surface area contributed by atoms with Crippen LogP contribution in [0.15, 0.2) is 48.5 Å². The summed E-state index contributed by atoms with van der Waals surface area (Å²) in [5.41, 5.74) is 2.32. The summed E-state index contributed by atoms with van der Waals surface area (Å²) >= 11 is 6.32. The van der Waals surface area contributed by atoms with E-state index >= 15 is 0 Å². The predicted molar refractivity (Wildman–Crippen MR) is 88.9 cm³/mol. The lowest BCUT2D eigenvalue weighted by molar-refractivity contribution is 0.306. The highest BCUT2D eigenvalue weighted by molar-refractivity contribution is 6.32. The van der Waals surface area contributed by atoms with Gasteiger partial charge in [-0.2, -0.15) is 0 Å². The van der Waals surface area contributed by atoms with Crippen molar-refractivity contribution in [3.63, 3.8) is 0 Å². The zero-order chi connectivity index (χ0) is 15.1. The van der Waals surface area contributed by atoms with Crippen molar-refractivity contribution in [2.24, 2.45) is 0 Å². The smallest absolute Gasteiger partial charge is 0.138 e. The van der Waals surface area contributed by atoms with Crippen molar-refractivity contribution in [3.8, 4) is 5.75 Å². The van der Waals surface area contributed by atoms with E-state index in [1.165, 1.54) is 5.56 Å². The summed E-state index contributed by atoms with van der Waals surface area (Å²) in [5, 5.41) is 4.11. The Morgan fingerprint density at radius 2 is 1.90 bits per heavy atom. The van der Waals surface area contributed by atoms with Crippen molar-refractivity contribution in [2.75, 3.05) is 6.54 Å². The first-order valence-corrected chi connectivity index (χ1v) is 7.78. The second-order valence-corrected chi connectivity index (χ2v) is 5.55. The molecule has 1 unspecified atom stereocenters. The molecule has 0 aliphatic heterocycles. The first kappa shape index (κ1) is 15.9. The van der Waals surface area contributed by atoms with Crippen LogP contribution in [0, 0.1) is 0 Å². The second-order valence-electron chi connectivity index (χ2n) is 5.14. The van der Waals surface area contributed by atoms with Gasteiger partial charge < -0.3 is 10.1 Å². The van der Waals surface area contributed by atoms with Crippen molar-refractivity contribution < 1.29 is 4.74 Å². The lowest BCUT2D eigenvalue weighted by atomic mass is 10.1. The van der Waals surface area contributed by atoms with Crippen LogP contribution >= 0.6 is 11.6 Å². The van der Waals surface area contributed by atoms with Crippen LogP contribution in [0.25, 0.3) is 0 Å². The van der Waals surface area contributed by atoms with Gasteiger partial charge in [0.05, 0.1) is 5.02 Å². The molecule has 0 heterocycles. The van der Waals surface area contributed by atoms with Gasteiger partial charge in [0.15, 0.2) is 0 Å². The second kappa shape index (κ2) is 8.06. The average molecular weight is 304 g/mol. The number of hydrogen-bond donors (Lipinski definition) is 1. The Hall–Kier alpha value is -1.51. The fourth-order valence-electron chi connectivity index (χ4n) is 2.12. The fourth-order valence-corrected chi connectivity index (χ4v) is 2.36. The van der Waals surface area contributed by atoms with Crippen LogP contribution in [0.4, 0.5) is 0 Å². The van der Waals surface area contributed by atoms with Crippen LogP contribution in [-0.2, 0) is 6.61 Å². The first-order valence-electron chi connectivity index (χ1n) is 7.40. The van der Waals surface area contributed by atoms with E-state index in [1.807, 2.05) is 42.5 Å². The van der Waals surface area contributed by atoms with E-state index in [4.69, 9.17) is 16.3 Å². The maximum absolute atomic E-state index is 6.32. The van der Waals surface area contributed by atoms with Gasteiger partial charge in [0.25, 0.3) is 0 Å². The van der Waals surface area contributed by atoms with E-state index in [2.05, 4.69) is 25.2 Å². The molecule has 0 fully saturated rings. The first-order chi connectivity index (χ1) is 10.2. The van der Waals surface area contributed by atoms with Crippen molar-refractivity contribution in [1.82, 2.24) is 5.32 Å². The van der Waals surface area contributed by atoms with Gasteiger partial charge in [0, 0.05) is 6.04 Å². The lowest BCUT2D eigenvalue weighted by Crippen LogP contribution is -2.19. The van der Waals surface area contributed by atoms with Gasteiger partial charge in [0.2, 0.25) is 0 Å². The van der Waals surface area contributed by atoms with Crippen LogP contribution in [0.2, 0.25) is 5.02 Å². The molecule has 0 aliphatic rings. The van der Waals surface area contributed by atoms with Crippen molar-refractivity contribution in [1.29, 1.82) is 0 Å². The Labute approximate surface area is 132 Å². The Bertz CT molecular complexity index is 556. The van der Waals surface area contributed by atoms with Gasteiger partial charge in [-0.1, -0.05) is 54.9 Å². The summed E-state index contributed by atoms with van der Waals surface area (Å²) in [5.74, 6) is 0.729. The maximum Gasteiger partial charge on any atom is 0.138 e. The highest BCUT2D eigenvalue weighted by atomic mass is 35.5. The molecule has 0 amide bonds. The van der Waals surface area contributed by atoms with Gasteiger partial charge in [0.1, 0.15) is 12.4 Å². The number of rotatable bonds is 7. The van der Waals surface area contributed by atoms with Crippen LogP contribution < -0.4 is 10.1 Å². The number of ether oxygens (including phenoxy) is 1. The van der Waals surface area contributed by atoms with Gasteiger partial charge in [-0.15, -0.1) is 0 Å². The molecule has 0 radical (unpaired) electrons. The Morgan fingerprint density at radius 3 is 2.57 bits per heavy atom. The fraction of sp³-hybridized carbons (Fsp3) is 0.333. The lowest BCUT2D eigenvalue weighted by Gasteiger charge is -2.15. The van der Waals surface area contributed by atoms with Crippen molar-refractivity contribution in [2.45, 2.75) is 32.9 Å². The minimum atomic E-state index is 0.297. The molecule has 21 heavy (non-hydrogen) atoms. The van der Waals surface area contributed by atoms with Gasteiger partial charge >= 0.3 is 0 Å². The normalized spacial score (nSPS) is 12.1. The molecule has 2 rings (SSSR count).